The summed E-state index contributed by atoms with van der Waals surface area (Å²) in [6, 6.07) is 24.1. The van der Waals surface area contributed by atoms with Crippen molar-refractivity contribution in [3.63, 3.8) is 0 Å². The van der Waals surface area contributed by atoms with Crippen molar-refractivity contribution in [2.24, 2.45) is 0 Å². The number of anilines is 5. The van der Waals surface area contributed by atoms with E-state index in [1.54, 1.807) is 7.11 Å². The van der Waals surface area contributed by atoms with Gasteiger partial charge in [-0.15, -0.1) is 0 Å². The summed E-state index contributed by atoms with van der Waals surface area (Å²) in [6.07, 6.45) is 6.16. The van der Waals surface area contributed by atoms with Gasteiger partial charge in [0, 0.05) is 50.8 Å². The first-order valence-corrected chi connectivity index (χ1v) is 16.1. The molecule has 1 amide bonds. The van der Waals surface area contributed by atoms with Crippen molar-refractivity contribution in [2.45, 2.75) is 31.3 Å². The zero-order valence-electron chi connectivity index (χ0n) is 26.5. The van der Waals surface area contributed by atoms with Gasteiger partial charge in [-0.2, -0.15) is 0 Å². The van der Waals surface area contributed by atoms with Gasteiger partial charge in [0.1, 0.15) is 29.4 Å². The molecule has 2 saturated heterocycles. The van der Waals surface area contributed by atoms with Gasteiger partial charge in [-0.3, -0.25) is 14.5 Å². The quantitative estimate of drug-likeness (QED) is 0.183. The Kier molecular flexibility index (Phi) is 8.89. The van der Waals surface area contributed by atoms with E-state index in [-0.39, 0.29) is 11.9 Å². The summed E-state index contributed by atoms with van der Waals surface area (Å²) >= 11 is 0. The van der Waals surface area contributed by atoms with Gasteiger partial charge in [0.2, 0.25) is 5.91 Å². The van der Waals surface area contributed by atoms with Crippen LogP contribution in [0.2, 0.25) is 0 Å². The van der Waals surface area contributed by atoms with E-state index in [2.05, 4.69) is 43.0 Å². The summed E-state index contributed by atoms with van der Waals surface area (Å²) in [5, 5.41) is 8.22. The summed E-state index contributed by atoms with van der Waals surface area (Å²) in [5.74, 6) is 3.05. The molecule has 0 bridgehead atoms. The number of benzene rings is 3. The number of methoxy groups -OCH3 is 1. The first kappa shape index (κ1) is 30.5. The highest BCUT2D eigenvalue weighted by molar-refractivity contribution is 6.02. The first-order chi connectivity index (χ1) is 23.1. The van der Waals surface area contributed by atoms with E-state index in [4.69, 9.17) is 14.3 Å². The molecule has 7 rings (SSSR count). The van der Waals surface area contributed by atoms with Gasteiger partial charge in [0.25, 0.3) is 0 Å². The number of nitrogens with zero attached hydrogens (tertiary/aromatic N) is 5. The second-order valence-corrected chi connectivity index (χ2v) is 11.9. The average molecular weight is 634 g/mol. The smallest absolute Gasteiger partial charge is 0.247 e. The van der Waals surface area contributed by atoms with Gasteiger partial charge in [0.05, 0.1) is 36.8 Å². The van der Waals surface area contributed by atoms with Crippen molar-refractivity contribution in [3.8, 4) is 17.2 Å². The number of hydrogen-bond donors (Lipinski definition) is 2. The van der Waals surface area contributed by atoms with Crippen LogP contribution >= 0.6 is 0 Å². The summed E-state index contributed by atoms with van der Waals surface area (Å²) in [7, 11) is 1.64. The molecule has 1 saturated carbocycles. The monoisotopic (exact) mass is 633 g/mol. The van der Waals surface area contributed by atoms with Crippen LogP contribution in [-0.4, -0.2) is 66.7 Å². The minimum absolute atomic E-state index is 0.0630. The third-order valence-electron chi connectivity index (χ3n) is 8.75. The fourth-order valence-corrected chi connectivity index (χ4v) is 6.23. The van der Waals surface area contributed by atoms with E-state index in [1.807, 2.05) is 71.8 Å². The lowest BCUT2D eigenvalue weighted by Crippen LogP contribution is -2.47. The number of amides is 1. The maximum Gasteiger partial charge on any atom is 0.247 e. The van der Waals surface area contributed by atoms with Crippen LogP contribution in [0.3, 0.4) is 0 Å². The molecule has 11 nitrogen and oxygen atoms in total. The molecule has 4 aromatic rings. The molecule has 0 radical (unpaired) electrons. The number of carbonyl (C=O) groups excluding carboxylic acids is 1. The van der Waals surface area contributed by atoms with E-state index in [9.17, 15) is 4.79 Å². The number of piperazine rings is 1. The van der Waals surface area contributed by atoms with Crippen LogP contribution in [0.15, 0.2) is 91.8 Å². The zero-order valence-corrected chi connectivity index (χ0v) is 26.5. The lowest BCUT2D eigenvalue weighted by molar-refractivity contribution is -0.111. The van der Waals surface area contributed by atoms with Crippen molar-refractivity contribution in [1.29, 1.82) is 0 Å². The number of ether oxygens (including phenoxy) is 2. The van der Waals surface area contributed by atoms with Crippen LogP contribution in [0, 0.1) is 0 Å². The molecule has 242 valence electrons. The van der Waals surface area contributed by atoms with Crippen molar-refractivity contribution in [1.82, 2.24) is 14.9 Å². The van der Waals surface area contributed by atoms with Gasteiger partial charge in [-0.1, -0.05) is 36.9 Å². The topological polar surface area (TPSA) is 104 Å². The Hall–Kier alpha value is -5.13. The van der Waals surface area contributed by atoms with Crippen LogP contribution < -0.4 is 30.1 Å². The molecule has 2 aliphatic heterocycles. The summed E-state index contributed by atoms with van der Waals surface area (Å²) < 4.78 is 11.9. The van der Waals surface area contributed by atoms with Crippen LogP contribution in [0.4, 0.5) is 28.7 Å². The molecule has 0 spiro atoms. The molecule has 1 atom stereocenters. The van der Waals surface area contributed by atoms with Crippen molar-refractivity contribution >= 4 is 34.6 Å². The Bertz CT molecular complexity index is 1720. The Morgan fingerprint density at radius 1 is 0.936 bits per heavy atom. The van der Waals surface area contributed by atoms with Crippen molar-refractivity contribution in [2.75, 3.05) is 60.5 Å². The summed E-state index contributed by atoms with van der Waals surface area (Å²) in [4.78, 5) is 32.5. The van der Waals surface area contributed by atoms with Crippen LogP contribution in [0.1, 0.15) is 30.9 Å². The largest absolute Gasteiger partial charge is 0.494 e. The number of para-hydroxylation sites is 1. The number of nitrogens with one attached hydrogen (secondary N) is 2. The normalized spacial score (nSPS) is 18.1. The third kappa shape index (κ3) is 7.01. The Morgan fingerprint density at radius 3 is 2.51 bits per heavy atom. The van der Waals surface area contributed by atoms with Crippen molar-refractivity contribution in [3.05, 3.63) is 97.3 Å². The highest BCUT2D eigenvalue weighted by Gasteiger charge is 2.32. The standard InChI is InChI=1S/C36H39N7O4/c1-3-36(44)40-29-21-30(33(45-2)22-32(29)42-17-15-41(16-18-42)26-12-13-26)39-34-23-35(38-24-37-34)43-31(14-19-46-43)25-8-7-11-28(20-25)47-27-9-5-4-6-10-27/h3-11,20-24,26,31H,1,12-19H2,2H3,(H,40,44)(H,37,38,39). The van der Waals surface area contributed by atoms with E-state index in [0.717, 1.165) is 61.4 Å². The fourth-order valence-electron chi connectivity index (χ4n) is 6.23. The Balaban J connectivity index is 1.12. The molecule has 1 aromatic heterocycles. The van der Waals surface area contributed by atoms with Gasteiger partial charge in [-0.25, -0.2) is 15.0 Å². The van der Waals surface area contributed by atoms with Gasteiger partial charge in [-0.05, 0) is 54.8 Å². The second kappa shape index (κ2) is 13.7. The second-order valence-electron chi connectivity index (χ2n) is 11.9. The minimum atomic E-state index is -0.279. The van der Waals surface area contributed by atoms with E-state index < -0.39 is 0 Å². The van der Waals surface area contributed by atoms with E-state index in [1.165, 1.54) is 25.2 Å². The van der Waals surface area contributed by atoms with Crippen LogP contribution in [-0.2, 0) is 9.63 Å². The number of rotatable bonds is 11. The van der Waals surface area contributed by atoms with Crippen molar-refractivity contribution < 1.29 is 19.1 Å². The van der Waals surface area contributed by atoms with Crippen LogP contribution in [0.25, 0.3) is 0 Å². The molecule has 1 aliphatic carbocycles. The molecule has 3 aliphatic rings. The fraction of sp³-hybridized carbons (Fsp3) is 0.306. The number of hydrogen-bond acceptors (Lipinski definition) is 10. The predicted octanol–water partition coefficient (Wildman–Crippen LogP) is 6.31. The van der Waals surface area contributed by atoms with E-state index >= 15 is 0 Å². The maximum atomic E-state index is 12.5. The lowest BCUT2D eigenvalue weighted by atomic mass is 10.0. The SMILES string of the molecule is C=CC(=O)Nc1cc(Nc2cc(N3OCCC3c3cccc(Oc4ccccc4)c3)ncn2)c(OC)cc1N1CCN(C2CC2)CC1. The number of aromatic nitrogens is 2. The molecule has 3 fully saturated rings. The third-order valence-corrected chi connectivity index (χ3v) is 8.75. The molecule has 3 aromatic carbocycles. The number of hydroxylamine groups is 1. The summed E-state index contributed by atoms with van der Waals surface area (Å²) in [6.45, 7) is 7.93. The predicted molar refractivity (Wildman–Crippen MR) is 183 cm³/mol. The summed E-state index contributed by atoms with van der Waals surface area (Å²) in [5.41, 5.74) is 3.30. The maximum absolute atomic E-state index is 12.5. The lowest BCUT2D eigenvalue weighted by Gasteiger charge is -2.37. The Morgan fingerprint density at radius 2 is 1.74 bits per heavy atom. The highest BCUT2D eigenvalue weighted by Crippen LogP contribution is 2.41. The molecule has 11 heteroatoms. The minimum Gasteiger partial charge on any atom is -0.494 e. The van der Waals surface area contributed by atoms with Gasteiger partial charge < -0.3 is 25.0 Å². The Labute approximate surface area is 274 Å². The number of carbonyl (C=O) groups is 1. The van der Waals surface area contributed by atoms with Gasteiger partial charge in [0.15, 0.2) is 5.82 Å². The molecule has 1 unspecified atom stereocenters. The van der Waals surface area contributed by atoms with Crippen LogP contribution in [0.5, 0.6) is 17.2 Å². The van der Waals surface area contributed by atoms with E-state index in [0.29, 0.717) is 35.4 Å². The molecule has 2 N–H and O–H groups in total. The first-order valence-electron chi connectivity index (χ1n) is 16.1. The molecule has 3 heterocycles. The highest BCUT2D eigenvalue weighted by atomic mass is 16.7. The molecule has 47 heavy (non-hydrogen) atoms. The molecular formula is C36H39N7O4. The molecular weight excluding hydrogens is 594 g/mol. The zero-order chi connectivity index (χ0) is 32.2. The van der Waals surface area contributed by atoms with Gasteiger partial charge >= 0.3 is 0 Å². The average Bonchev–Trinajstić information content (AvgIpc) is 3.84.